The van der Waals surface area contributed by atoms with Gasteiger partial charge < -0.3 is 14.5 Å². The minimum absolute atomic E-state index is 0.241. The van der Waals surface area contributed by atoms with Gasteiger partial charge in [0.05, 0.1) is 6.54 Å². The third-order valence-electron chi connectivity index (χ3n) is 2.01. The number of hydrogen-bond acceptors (Lipinski definition) is 3. The normalized spacial score (nSPS) is 9.53. The van der Waals surface area contributed by atoms with Gasteiger partial charge in [0, 0.05) is 20.6 Å². The molecule has 15 heavy (non-hydrogen) atoms. The molecule has 0 fully saturated rings. The average molecular weight is 216 g/mol. The van der Waals surface area contributed by atoms with Crippen molar-refractivity contribution in [1.82, 2.24) is 9.80 Å². The topological polar surface area (TPSA) is 49.9 Å². The zero-order valence-electron chi connectivity index (χ0n) is 9.73. The zero-order chi connectivity index (χ0) is 11.7. The first-order valence-corrected chi connectivity index (χ1v) is 5.15. The third kappa shape index (κ3) is 6.76. The van der Waals surface area contributed by atoms with Gasteiger partial charge in [-0.2, -0.15) is 0 Å². The Kier molecular flexibility index (Phi) is 7.40. The molecule has 0 saturated heterocycles. The SMILES string of the molecule is CCCCN(C)C(=O)OCCN(C)C=O. The van der Waals surface area contributed by atoms with Crippen LogP contribution in [0.3, 0.4) is 0 Å². The van der Waals surface area contributed by atoms with Crippen molar-refractivity contribution in [3.8, 4) is 0 Å². The van der Waals surface area contributed by atoms with E-state index in [1.165, 1.54) is 4.90 Å². The maximum atomic E-state index is 11.3. The highest BCUT2D eigenvalue weighted by atomic mass is 16.6. The highest BCUT2D eigenvalue weighted by molar-refractivity contribution is 5.67. The Balaban J connectivity index is 3.59. The second-order valence-corrected chi connectivity index (χ2v) is 3.48. The summed E-state index contributed by atoms with van der Waals surface area (Å²) in [5, 5.41) is 0. The standard InChI is InChI=1S/C10H20N2O3/c1-4-5-6-12(3)10(14)15-8-7-11(2)9-13/h9H,4-8H2,1-3H3. The lowest BCUT2D eigenvalue weighted by Gasteiger charge is -2.17. The minimum Gasteiger partial charge on any atom is -0.448 e. The van der Waals surface area contributed by atoms with Gasteiger partial charge in [-0.3, -0.25) is 4.79 Å². The van der Waals surface area contributed by atoms with Crippen LogP contribution in [0.5, 0.6) is 0 Å². The summed E-state index contributed by atoms with van der Waals surface area (Å²) in [5.74, 6) is 0. The van der Waals surface area contributed by atoms with E-state index in [2.05, 4.69) is 6.92 Å². The molecular weight excluding hydrogens is 196 g/mol. The summed E-state index contributed by atoms with van der Waals surface area (Å²) in [4.78, 5) is 24.5. The molecule has 0 radical (unpaired) electrons. The van der Waals surface area contributed by atoms with Crippen molar-refractivity contribution >= 4 is 12.5 Å². The molecule has 0 atom stereocenters. The van der Waals surface area contributed by atoms with E-state index in [1.807, 2.05) is 0 Å². The number of hydrogen-bond donors (Lipinski definition) is 0. The fraction of sp³-hybridized carbons (Fsp3) is 0.800. The molecule has 5 nitrogen and oxygen atoms in total. The van der Waals surface area contributed by atoms with Gasteiger partial charge >= 0.3 is 6.09 Å². The molecule has 0 bridgehead atoms. The van der Waals surface area contributed by atoms with Gasteiger partial charge in [0.1, 0.15) is 6.61 Å². The van der Waals surface area contributed by atoms with Crippen LogP contribution in [0.25, 0.3) is 0 Å². The molecule has 5 heteroatoms. The summed E-state index contributed by atoms with van der Waals surface area (Å²) < 4.78 is 4.96. The fourth-order valence-corrected chi connectivity index (χ4v) is 0.926. The lowest BCUT2D eigenvalue weighted by atomic mass is 10.3. The number of nitrogens with zero attached hydrogens (tertiary/aromatic N) is 2. The second-order valence-electron chi connectivity index (χ2n) is 3.48. The van der Waals surface area contributed by atoms with Crippen molar-refractivity contribution < 1.29 is 14.3 Å². The monoisotopic (exact) mass is 216 g/mol. The Morgan fingerprint density at radius 1 is 1.33 bits per heavy atom. The second kappa shape index (κ2) is 8.08. The van der Waals surface area contributed by atoms with Crippen LogP contribution < -0.4 is 0 Å². The van der Waals surface area contributed by atoms with Crippen molar-refractivity contribution in [3.63, 3.8) is 0 Å². The summed E-state index contributed by atoms with van der Waals surface area (Å²) in [7, 11) is 3.35. The zero-order valence-corrected chi connectivity index (χ0v) is 9.73. The van der Waals surface area contributed by atoms with Gasteiger partial charge in [0.15, 0.2) is 0 Å². The molecule has 0 aliphatic carbocycles. The number of amides is 2. The Bertz CT molecular complexity index is 197. The molecule has 0 N–H and O–H groups in total. The molecule has 0 aromatic heterocycles. The lowest BCUT2D eigenvalue weighted by Crippen LogP contribution is -2.31. The first-order chi connectivity index (χ1) is 7.11. The molecular formula is C10H20N2O3. The van der Waals surface area contributed by atoms with Gasteiger partial charge in [-0.1, -0.05) is 13.3 Å². The van der Waals surface area contributed by atoms with Crippen LogP contribution in [-0.2, 0) is 9.53 Å². The first-order valence-electron chi connectivity index (χ1n) is 5.15. The minimum atomic E-state index is -0.331. The number of carbonyl (C=O) groups excluding carboxylic acids is 2. The Morgan fingerprint density at radius 2 is 2.00 bits per heavy atom. The molecule has 0 aliphatic rings. The van der Waals surface area contributed by atoms with Crippen molar-refractivity contribution in [2.75, 3.05) is 33.8 Å². The van der Waals surface area contributed by atoms with Crippen LogP contribution in [0.2, 0.25) is 0 Å². The van der Waals surface area contributed by atoms with Crippen molar-refractivity contribution in [3.05, 3.63) is 0 Å². The number of likely N-dealkylation sites (N-methyl/N-ethyl adjacent to an activating group) is 1. The highest BCUT2D eigenvalue weighted by Crippen LogP contribution is 1.95. The lowest BCUT2D eigenvalue weighted by molar-refractivity contribution is -0.117. The number of carbonyl (C=O) groups is 2. The van der Waals surface area contributed by atoms with E-state index in [9.17, 15) is 9.59 Å². The van der Waals surface area contributed by atoms with E-state index in [0.29, 0.717) is 19.5 Å². The predicted molar refractivity (Wildman–Crippen MR) is 57.6 cm³/mol. The van der Waals surface area contributed by atoms with Gasteiger partial charge in [-0.25, -0.2) is 4.79 Å². The summed E-state index contributed by atoms with van der Waals surface area (Å²) in [5.41, 5.74) is 0. The summed E-state index contributed by atoms with van der Waals surface area (Å²) in [6.07, 6.45) is 2.39. The summed E-state index contributed by atoms with van der Waals surface area (Å²) in [6, 6.07) is 0. The molecule has 0 aromatic rings. The van der Waals surface area contributed by atoms with E-state index in [4.69, 9.17) is 4.74 Å². The smallest absolute Gasteiger partial charge is 0.409 e. The van der Waals surface area contributed by atoms with Gasteiger partial charge in [0.2, 0.25) is 6.41 Å². The number of unbranched alkanes of at least 4 members (excludes halogenated alkanes) is 1. The van der Waals surface area contributed by atoms with Gasteiger partial charge in [-0.05, 0) is 6.42 Å². The Hall–Kier alpha value is -1.26. The quantitative estimate of drug-likeness (QED) is 0.595. The fourth-order valence-electron chi connectivity index (χ4n) is 0.926. The molecule has 0 heterocycles. The molecule has 2 amide bonds. The van der Waals surface area contributed by atoms with Crippen LogP contribution in [0.15, 0.2) is 0 Å². The summed E-state index contributed by atoms with van der Waals surface area (Å²) in [6.45, 7) is 3.44. The first kappa shape index (κ1) is 13.7. The predicted octanol–water partition coefficient (Wildman–Crippen LogP) is 0.943. The Labute approximate surface area is 91.0 Å². The van der Waals surface area contributed by atoms with E-state index >= 15 is 0 Å². The third-order valence-corrected chi connectivity index (χ3v) is 2.01. The molecule has 88 valence electrons. The van der Waals surface area contributed by atoms with Crippen LogP contribution >= 0.6 is 0 Å². The van der Waals surface area contributed by atoms with Crippen molar-refractivity contribution in [2.24, 2.45) is 0 Å². The molecule has 0 rings (SSSR count). The van der Waals surface area contributed by atoms with Crippen LogP contribution in [0.4, 0.5) is 4.79 Å². The Morgan fingerprint density at radius 3 is 2.53 bits per heavy atom. The van der Waals surface area contributed by atoms with Crippen molar-refractivity contribution in [1.29, 1.82) is 0 Å². The van der Waals surface area contributed by atoms with Gasteiger partial charge in [0.25, 0.3) is 0 Å². The number of ether oxygens (including phenoxy) is 1. The van der Waals surface area contributed by atoms with E-state index in [0.717, 1.165) is 12.8 Å². The maximum Gasteiger partial charge on any atom is 0.409 e. The highest BCUT2D eigenvalue weighted by Gasteiger charge is 2.08. The van der Waals surface area contributed by atoms with Crippen LogP contribution in [-0.4, -0.2) is 56.1 Å². The summed E-state index contributed by atoms with van der Waals surface area (Å²) >= 11 is 0. The van der Waals surface area contributed by atoms with E-state index < -0.39 is 0 Å². The van der Waals surface area contributed by atoms with Gasteiger partial charge in [-0.15, -0.1) is 0 Å². The van der Waals surface area contributed by atoms with Crippen molar-refractivity contribution in [2.45, 2.75) is 19.8 Å². The molecule has 0 aliphatic heterocycles. The molecule has 0 aromatic carbocycles. The van der Waals surface area contributed by atoms with E-state index in [1.54, 1.807) is 19.0 Å². The largest absolute Gasteiger partial charge is 0.448 e. The van der Waals surface area contributed by atoms with E-state index in [-0.39, 0.29) is 12.7 Å². The molecule has 0 spiro atoms. The maximum absolute atomic E-state index is 11.3. The van der Waals surface area contributed by atoms with Crippen LogP contribution in [0.1, 0.15) is 19.8 Å². The van der Waals surface area contributed by atoms with Crippen LogP contribution in [0, 0.1) is 0 Å². The number of rotatable bonds is 7. The molecule has 0 unspecified atom stereocenters. The average Bonchev–Trinajstić information content (AvgIpc) is 2.25. The molecule has 0 saturated carbocycles.